The van der Waals surface area contributed by atoms with Gasteiger partial charge >= 0.3 is 0 Å². The van der Waals surface area contributed by atoms with E-state index in [1.165, 1.54) is 6.08 Å². The van der Waals surface area contributed by atoms with E-state index in [2.05, 4.69) is 55.5 Å². The topological polar surface area (TPSA) is 180 Å². The Morgan fingerprint density at radius 1 is 1.06 bits per heavy atom. The molecule has 2 aliphatic carbocycles. The van der Waals surface area contributed by atoms with Gasteiger partial charge in [-0.15, -0.1) is 0 Å². The quantitative estimate of drug-likeness (QED) is 0.139. The third kappa shape index (κ3) is 7.07. The maximum absolute atomic E-state index is 13.1. The number of aromatic nitrogens is 3. The van der Waals surface area contributed by atoms with Gasteiger partial charge in [-0.3, -0.25) is 24.0 Å². The summed E-state index contributed by atoms with van der Waals surface area (Å²) in [6.07, 6.45) is 7.85. The number of pyridine rings is 1. The van der Waals surface area contributed by atoms with Crippen LogP contribution in [0.15, 0.2) is 59.8 Å². The molecule has 3 fully saturated rings. The van der Waals surface area contributed by atoms with Crippen molar-refractivity contribution in [2.75, 3.05) is 44.4 Å². The summed E-state index contributed by atoms with van der Waals surface area (Å²) in [4.78, 5) is 49.0. The standard InChI is InChI=1S/C38H49N11O3/c1-6-31-35-27(17-41-49(35)25-19-48(20-25)18-24-14-21(2)15-30(42-24)38(52)46(3)4)26-8-7-9-28(34(26)47(31)5)44-29(33(40)37(51)43-23-12-13-23)16-32(39)45-36(50)22-10-11-22/h7-9,14-17,22-23,25,31,44H,6,10-13,18-20,39-40H2,1-5H3,(H,43,51)(H,45,50)/b32-16+,33-29+. The van der Waals surface area contributed by atoms with Gasteiger partial charge in [0.1, 0.15) is 17.2 Å². The van der Waals surface area contributed by atoms with Crippen molar-refractivity contribution >= 4 is 29.1 Å². The molecule has 14 heteroatoms. The lowest BCUT2D eigenvalue weighted by Crippen LogP contribution is -2.48. The molecule has 1 unspecified atom stereocenters. The summed E-state index contributed by atoms with van der Waals surface area (Å²) in [5.74, 6) is -0.528. The van der Waals surface area contributed by atoms with Crippen LogP contribution >= 0.6 is 0 Å². The van der Waals surface area contributed by atoms with E-state index < -0.39 is 0 Å². The number of benzene rings is 1. The molecule has 1 aromatic carbocycles. The maximum Gasteiger partial charge on any atom is 0.271 e. The van der Waals surface area contributed by atoms with Crippen LogP contribution in [0.4, 0.5) is 11.4 Å². The van der Waals surface area contributed by atoms with Crippen molar-refractivity contribution in [1.29, 1.82) is 0 Å². The smallest absolute Gasteiger partial charge is 0.271 e. The first kappa shape index (κ1) is 35.1. The van der Waals surface area contributed by atoms with Crippen LogP contribution in [-0.2, 0) is 16.1 Å². The Morgan fingerprint density at radius 2 is 1.81 bits per heavy atom. The zero-order valence-corrected chi connectivity index (χ0v) is 30.6. The molecule has 3 aromatic rings. The summed E-state index contributed by atoms with van der Waals surface area (Å²) in [6.45, 7) is 6.45. The molecule has 0 spiro atoms. The number of hydrogen-bond acceptors (Lipinski definition) is 10. The molecular formula is C38H49N11O3. The molecule has 1 atom stereocenters. The summed E-state index contributed by atoms with van der Waals surface area (Å²) in [5.41, 5.74) is 20.3. The van der Waals surface area contributed by atoms with Crippen LogP contribution < -0.4 is 32.3 Å². The van der Waals surface area contributed by atoms with Gasteiger partial charge in [0.2, 0.25) is 5.91 Å². The fourth-order valence-corrected chi connectivity index (χ4v) is 7.19. The third-order valence-corrected chi connectivity index (χ3v) is 10.2. The first-order chi connectivity index (χ1) is 24.9. The minimum atomic E-state index is -0.383. The van der Waals surface area contributed by atoms with E-state index in [1.54, 1.807) is 19.0 Å². The lowest BCUT2D eigenvalue weighted by Gasteiger charge is -2.43. The Balaban J connectivity index is 1.14. The molecule has 52 heavy (non-hydrogen) atoms. The Bertz CT molecular complexity index is 1970. The molecule has 274 valence electrons. The highest BCUT2D eigenvalue weighted by molar-refractivity contribution is 5.97. The number of anilines is 2. The molecule has 7 rings (SSSR count). The van der Waals surface area contributed by atoms with Gasteiger partial charge in [0, 0.05) is 69.9 Å². The van der Waals surface area contributed by atoms with Crippen molar-refractivity contribution in [3.8, 4) is 11.1 Å². The van der Waals surface area contributed by atoms with Crippen LogP contribution in [0.3, 0.4) is 0 Å². The third-order valence-electron chi connectivity index (χ3n) is 10.2. The van der Waals surface area contributed by atoms with Gasteiger partial charge in [0.25, 0.3) is 11.8 Å². The monoisotopic (exact) mass is 707 g/mol. The van der Waals surface area contributed by atoms with Gasteiger partial charge in [-0.25, -0.2) is 4.98 Å². The molecule has 14 nitrogen and oxygen atoms in total. The van der Waals surface area contributed by atoms with Crippen molar-refractivity contribution in [3.63, 3.8) is 0 Å². The van der Waals surface area contributed by atoms with Gasteiger partial charge in [0.15, 0.2) is 0 Å². The fraction of sp³-hybridized carbons (Fsp3) is 0.447. The lowest BCUT2D eigenvalue weighted by atomic mass is 9.91. The number of nitrogens with one attached hydrogen (secondary N) is 3. The van der Waals surface area contributed by atoms with Crippen molar-refractivity contribution in [2.24, 2.45) is 17.4 Å². The predicted octanol–water partition coefficient (Wildman–Crippen LogP) is 3.10. The molecular weight excluding hydrogens is 658 g/mol. The Labute approximate surface area is 304 Å². The largest absolute Gasteiger partial charge is 0.393 e. The number of carbonyl (C=O) groups excluding carboxylic acids is 3. The summed E-state index contributed by atoms with van der Waals surface area (Å²) < 4.78 is 2.18. The maximum atomic E-state index is 13.1. The van der Waals surface area contributed by atoms with Crippen molar-refractivity contribution < 1.29 is 14.4 Å². The van der Waals surface area contributed by atoms with E-state index in [0.717, 1.165) is 84.6 Å². The average Bonchev–Trinajstić information content (AvgIpc) is 4.03. The molecule has 4 heterocycles. The van der Waals surface area contributed by atoms with Crippen LogP contribution in [0, 0.1) is 12.8 Å². The van der Waals surface area contributed by atoms with Crippen molar-refractivity contribution in [3.05, 3.63) is 82.5 Å². The zero-order valence-electron chi connectivity index (χ0n) is 30.6. The average molecular weight is 708 g/mol. The molecule has 2 aliphatic heterocycles. The van der Waals surface area contributed by atoms with Crippen LogP contribution in [0.5, 0.6) is 0 Å². The highest BCUT2D eigenvalue weighted by Gasteiger charge is 2.38. The number of fused-ring (bicyclic) bond motifs is 3. The second-order valence-electron chi connectivity index (χ2n) is 14.8. The summed E-state index contributed by atoms with van der Waals surface area (Å²) >= 11 is 0. The Kier molecular flexibility index (Phi) is 9.42. The minimum Gasteiger partial charge on any atom is -0.393 e. The number of para-hydroxylation sites is 1. The number of amides is 3. The van der Waals surface area contributed by atoms with E-state index in [-0.39, 0.29) is 53.3 Å². The van der Waals surface area contributed by atoms with E-state index in [4.69, 9.17) is 16.6 Å². The number of likely N-dealkylation sites (tertiary alicyclic amines) is 1. The van der Waals surface area contributed by atoms with E-state index in [1.807, 2.05) is 37.4 Å². The summed E-state index contributed by atoms with van der Waals surface area (Å²) in [5, 5.41) is 14.1. The first-order valence-electron chi connectivity index (χ1n) is 18.1. The molecule has 7 N–H and O–H groups in total. The van der Waals surface area contributed by atoms with Gasteiger partial charge in [-0.1, -0.05) is 19.1 Å². The number of aryl methyl sites for hydroxylation is 1. The van der Waals surface area contributed by atoms with Crippen LogP contribution in [-0.4, -0.2) is 82.6 Å². The number of nitrogens with two attached hydrogens (primary N) is 2. The SMILES string of the molecule is CCC1c2c(cnn2C2CN(Cc3cc(C)cc(C(=O)N(C)C)n3)C2)-c2cccc(NC(/C=C(\N)NC(=O)C3CC3)=C(/N)C(=O)NC3CC3)c2N1C. The second-order valence-corrected chi connectivity index (χ2v) is 14.8. The van der Waals surface area contributed by atoms with Crippen LogP contribution in [0.2, 0.25) is 0 Å². The second kappa shape index (κ2) is 14.0. The number of rotatable bonds is 12. The number of allylic oxidation sites excluding steroid dienone is 1. The molecule has 2 saturated carbocycles. The number of nitrogens with zero attached hydrogens (tertiary/aromatic N) is 6. The Hall–Kier alpha value is -5.37. The minimum absolute atomic E-state index is 0.0111. The van der Waals surface area contributed by atoms with Crippen molar-refractivity contribution in [2.45, 2.75) is 70.6 Å². The van der Waals surface area contributed by atoms with Gasteiger partial charge in [0.05, 0.1) is 46.7 Å². The van der Waals surface area contributed by atoms with Crippen LogP contribution in [0.25, 0.3) is 11.1 Å². The molecule has 0 bridgehead atoms. The summed E-state index contributed by atoms with van der Waals surface area (Å²) in [6, 6.07) is 10.2. The lowest BCUT2D eigenvalue weighted by molar-refractivity contribution is -0.121. The molecule has 0 radical (unpaired) electrons. The predicted molar refractivity (Wildman–Crippen MR) is 200 cm³/mol. The van der Waals surface area contributed by atoms with Gasteiger partial charge in [-0.2, -0.15) is 5.10 Å². The Morgan fingerprint density at radius 3 is 2.48 bits per heavy atom. The van der Waals surface area contributed by atoms with Crippen LogP contribution in [0.1, 0.15) is 78.6 Å². The zero-order chi connectivity index (χ0) is 36.8. The molecule has 4 aliphatic rings. The van der Waals surface area contributed by atoms with E-state index >= 15 is 0 Å². The molecule has 2 aromatic heterocycles. The van der Waals surface area contributed by atoms with Crippen molar-refractivity contribution in [1.82, 2.24) is 35.2 Å². The first-order valence-corrected chi connectivity index (χ1v) is 18.1. The summed E-state index contributed by atoms with van der Waals surface area (Å²) in [7, 11) is 5.55. The number of hydrogen-bond donors (Lipinski definition) is 5. The molecule has 1 saturated heterocycles. The van der Waals surface area contributed by atoms with E-state index in [9.17, 15) is 14.4 Å². The van der Waals surface area contributed by atoms with Gasteiger partial charge in [-0.05, 0) is 62.8 Å². The highest BCUT2D eigenvalue weighted by Crippen LogP contribution is 2.49. The molecule has 3 amide bonds. The highest BCUT2D eigenvalue weighted by atomic mass is 16.2. The number of carbonyl (C=O) groups is 3. The normalized spacial score (nSPS) is 19.2. The fourth-order valence-electron chi connectivity index (χ4n) is 7.19. The van der Waals surface area contributed by atoms with Gasteiger partial charge < -0.3 is 37.2 Å². The van der Waals surface area contributed by atoms with E-state index in [0.29, 0.717) is 17.9 Å².